The Hall–Kier alpha value is -2.17. The molecule has 0 saturated carbocycles. The Morgan fingerprint density at radius 1 is 1.22 bits per heavy atom. The van der Waals surface area contributed by atoms with Gasteiger partial charge in [-0.1, -0.05) is 29.8 Å². The predicted molar refractivity (Wildman–Crippen MR) is 92.9 cm³/mol. The van der Waals surface area contributed by atoms with Crippen LogP contribution < -0.4 is 10.9 Å². The summed E-state index contributed by atoms with van der Waals surface area (Å²) in [5, 5.41) is 4.10. The first kappa shape index (κ1) is 15.7. The van der Waals surface area contributed by atoms with E-state index in [1.165, 1.54) is 0 Å². The number of hydrogen-bond donors (Lipinski definition) is 1. The van der Waals surface area contributed by atoms with Gasteiger partial charge in [-0.3, -0.25) is 9.20 Å². The van der Waals surface area contributed by atoms with Gasteiger partial charge in [0.05, 0.1) is 5.69 Å². The zero-order valence-corrected chi connectivity index (χ0v) is 13.8. The molecule has 0 aliphatic heterocycles. The average Bonchev–Trinajstić information content (AvgIpc) is 2.52. The van der Waals surface area contributed by atoms with E-state index in [9.17, 15) is 4.79 Å². The van der Waals surface area contributed by atoms with Crippen molar-refractivity contribution >= 4 is 17.2 Å². The molecule has 2 aromatic heterocycles. The smallest absolute Gasteiger partial charge is 0.258 e. The minimum absolute atomic E-state index is 0.0553. The molecule has 5 heteroatoms. The maximum atomic E-state index is 12.3. The predicted octanol–water partition coefficient (Wildman–Crippen LogP) is 3.51. The molecule has 0 unspecified atom stereocenters. The van der Waals surface area contributed by atoms with Gasteiger partial charge in [0.1, 0.15) is 5.65 Å². The molecule has 2 heterocycles. The molecule has 1 aromatic carbocycles. The highest BCUT2D eigenvalue weighted by molar-refractivity contribution is 6.30. The summed E-state index contributed by atoms with van der Waals surface area (Å²) < 4.78 is 1.61. The molecule has 118 valence electrons. The maximum absolute atomic E-state index is 12.3. The molecule has 0 aliphatic carbocycles. The second kappa shape index (κ2) is 6.52. The molecule has 0 saturated heterocycles. The molecule has 0 bridgehead atoms. The molecule has 3 aromatic rings. The van der Waals surface area contributed by atoms with Crippen LogP contribution in [0.2, 0.25) is 5.02 Å². The van der Waals surface area contributed by atoms with E-state index in [0.717, 1.165) is 17.0 Å². The zero-order chi connectivity index (χ0) is 16.4. The second-order valence-electron chi connectivity index (χ2n) is 5.60. The van der Waals surface area contributed by atoms with Gasteiger partial charge in [0.25, 0.3) is 5.56 Å². The molecule has 0 spiro atoms. The first-order chi connectivity index (χ1) is 11.0. The van der Waals surface area contributed by atoms with Crippen molar-refractivity contribution in [2.45, 2.75) is 26.4 Å². The van der Waals surface area contributed by atoms with Gasteiger partial charge in [-0.2, -0.15) is 0 Å². The second-order valence-corrected chi connectivity index (χ2v) is 6.04. The van der Waals surface area contributed by atoms with Crippen molar-refractivity contribution in [1.29, 1.82) is 0 Å². The highest BCUT2D eigenvalue weighted by Crippen LogP contribution is 2.17. The van der Waals surface area contributed by atoms with E-state index in [1.54, 1.807) is 10.5 Å². The van der Waals surface area contributed by atoms with Crippen molar-refractivity contribution in [2.75, 3.05) is 0 Å². The molecule has 0 aliphatic rings. The van der Waals surface area contributed by atoms with Crippen LogP contribution in [0.3, 0.4) is 0 Å². The van der Waals surface area contributed by atoms with Crippen LogP contribution in [-0.4, -0.2) is 9.38 Å². The van der Waals surface area contributed by atoms with Crippen LogP contribution in [0.4, 0.5) is 0 Å². The molecule has 0 amide bonds. The number of benzene rings is 1. The van der Waals surface area contributed by atoms with Crippen molar-refractivity contribution in [3.63, 3.8) is 0 Å². The fraction of sp³-hybridized carbons (Fsp3) is 0.222. The third-order valence-corrected chi connectivity index (χ3v) is 4.11. The SMILES string of the molecule is Cc1cccc2nc(CN[C@H](C)c3cccc(Cl)c3)cc(=O)n12. The number of rotatable bonds is 4. The largest absolute Gasteiger partial charge is 0.305 e. The van der Waals surface area contributed by atoms with E-state index in [0.29, 0.717) is 17.2 Å². The Labute approximate surface area is 139 Å². The number of fused-ring (bicyclic) bond motifs is 1. The van der Waals surface area contributed by atoms with Crippen LogP contribution in [0.25, 0.3) is 5.65 Å². The number of nitrogens with zero attached hydrogens (tertiary/aromatic N) is 2. The molecule has 0 radical (unpaired) electrons. The van der Waals surface area contributed by atoms with Crippen LogP contribution in [0, 0.1) is 6.92 Å². The summed E-state index contributed by atoms with van der Waals surface area (Å²) in [5.41, 5.74) is 3.33. The summed E-state index contributed by atoms with van der Waals surface area (Å²) in [7, 11) is 0. The molecule has 0 fully saturated rings. The van der Waals surface area contributed by atoms with E-state index in [2.05, 4.69) is 17.2 Å². The fourth-order valence-corrected chi connectivity index (χ4v) is 2.80. The lowest BCUT2D eigenvalue weighted by Gasteiger charge is -2.14. The quantitative estimate of drug-likeness (QED) is 0.797. The Balaban J connectivity index is 1.81. The minimum atomic E-state index is -0.0553. The van der Waals surface area contributed by atoms with Crippen molar-refractivity contribution < 1.29 is 0 Å². The Kier molecular flexibility index (Phi) is 4.46. The maximum Gasteiger partial charge on any atom is 0.258 e. The highest BCUT2D eigenvalue weighted by Gasteiger charge is 2.08. The van der Waals surface area contributed by atoms with E-state index in [1.807, 2.05) is 49.4 Å². The topological polar surface area (TPSA) is 46.4 Å². The van der Waals surface area contributed by atoms with Gasteiger partial charge in [0.2, 0.25) is 0 Å². The van der Waals surface area contributed by atoms with Gasteiger partial charge in [-0.15, -0.1) is 0 Å². The minimum Gasteiger partial charge on any atom is -0.305 e. The Morgan fingerprint density at radius 3 is 2.78 bits per heavy atom. The van der Waals surface area contributed by atoms with E-state index in [4.69, 9.17) is 11.6 Å². The molecular weight excluding hydrogens is 310 g/mol. The highest BCUT2D eigenvalue weighted by atomic mass is 35.5. The number of halogens is 1. The van der Waals surface area contributed by atoms with Gasteiger partial charge in [0.15, 0.2) is 0 Å². The van der Waals surface area contributed by atoms with Crippen molar-refractivity contribution in [3.8, 4) is 0 Å². The van der Waals surface area contributed by atoms with Gasteiger partial charge >= 0.3 is 0 Å². The van der Waals surface area contributed by atoms with Crippen LogP contribution in [0.1, 0.15) is 29.9 Å². The standard InChI is InChI=1S/C18H18ClN3O/c1-12-5-3-8-17-21-16(10-18(23)22(12)17)11-20-13(2)14-6-4-7-15(19)9-14/h3-10,13,20H,11H2,1-2H3/t13-/m1/s1. The number of aryl methyl sites for hydroxylation is 1. The molecule has 4 nitrogen and oxygen atoms in total. The summed E-state index contributed by atoms with van der Waals surface area (Å²) in [6.07, 6.45) is 0. The van der Waals surface area contributed by atoms with Crippen LogP contribution >= 0.6 is 11.6 Å². The van der Waals surface area contributed by atoms with E-state index in [-0.39, 0.29) is 11.6 Å². The van der Waals surface area contributed by atoms with Crippen molar-refractivity contribution in [2.24, 2.45) is 0 Å². The van der Waals surface area contributed by atoms with Crippen molar-refractivity contribution in [3.05, 3.63) is 80.9 Å². The lowest BCUT2D eigenvalue weighted by Crippen LogP contribution is -2.23. The van der Waals surface area contributed by atoms with Gasteiger partial charge < -0.3 is 5.32 Å². The van der Waals surface area contributed by atoms with E-state index >= 15 is 0 Å². The summed E-state index contributed by atoms with van der Waals surface area (Å²) >= 11 is 6.02. The number of nitrogens with one attached hydrogen (secondary N) is 1. The summed E-state index contributed by atoms with van der Waals surface area (Å²) in [6, 6.07) is 15.1. The summed E-state index contributed by atoms with van der Waals surface area (Å²) in [5.74, 6) is 0. The van der Waals surface area contributed by atoms with Gasteiger partial charge in [-0.05, 0) is 43.7 Å². The third-order valence-electron chi connectivity index (χ3n) is 3.87. The van der Waals surface area contributed by atoms with Crippen LogP contribution in [0.5, 0.6) is 0 Å². The number of pyridine rings is 1. The summed E-state index contributed by atoms with van der Waals surface area (Å²) in [4.78, 5) is 16.8. The third kappa shape index (κ3) is 3.44. The normalized spacial score (nSPS) is 12.5. The Bertz CT molecular complexity index is 904. The van der Waals surface area contributed by atoms with Crippen LogP contribution in [-0.2, 0) is 6.54 Å². The molecule has 23 heavy (non-hydrogen) atoms. The summed E-state index contributed by atoms with van der Waals surface area (Å²) in [6.45, 7) is 4.48. The molecule has 3 rings (SSSR count). The lowest BCUT2D eigenvalue weighted by molar-refractivity contribution is 0.567. The molecular formula is C18H18ClN3O. The first-order valence-electron chi connectivity index (χ1n) is 7.52. The molecule has 1 atom stereocenters. The average molecular weight is 328 g/mol. The van der Waals surface area contributed by atoms with E-state index < -0.39 is 0 Å². The van der Waals surface area contributed by atoms with Gasteiger partial charge in [0, 0.05) is 29.4 Å². The number of hydrogen-bond acceptors (Lipinski definition) is 3. The monoisotopic (exact) mass is 327 g/mol. The zero-order valence-electron chi connectivity index (χ0n) is 13.1. The lowest BCUT2D eigenvalue weighted by atomic mass is 10.1. The first-order valence-corrected chi connectivity index (χ1v) is 7.89. The number of aromatic nitrogens is 2. The molecule has 1 N–H and O–H groups in total. The Morgan fingerprint density at radius 2 is 2.00 bits per heavy atom. The van der Waals surface area contributed by atoms with Crippen molar-refractivity contribution in [1.82, 2.24) is 14.7 Å². The van der Waals surface area contributed by atoms with Crippen LogP contribution in [0.15, 0.2) is 53.3 Å². The fourth-order valence-electron chi connectivity index (χ4n) is 2.61. The van der Waals surface area contributed by atoms with Gasteiger partial charge in [-0.25, -0.2) is 4.98 Å².